The van der Waals surface area contributed by atoms with Crippen LogP contribution in [0.4, 0.5) is 4.39 Å². The van der Waals surface area contributed by atoms with Crippen molar-refractivity contribution < 1.29 is 23.6 Å². The number of ketones is 2. The summed E-state index contributed by atoms with van der Waals surface area (Å²) in [6.45, 7) is 5.48. The minimum absolute atomic E-state index is 0.0862. The molecule has 1 aliphatic rings. The summed E-state index contributed by atoms with van der Waals surface area (Å²) in [5.74, 6) is -1.67. The summed E-state index contributed by atoms with van der Waals surface area (Å²) in [4.78, 5) is 50.2. The Balaban J connectivity index is 1.52. The summed E-state index contributed by atoms with van der Waals surface area (Å²) in [6, 6.07) is 4.39. The zero-order chi connectivity index (χ0) is 26.3. The Morgan fingerprint density at radius 3 is 2.62 bits per heavy atom. The van der Waals surface area contributed by atoms with Crippen molar-refractivity contribution in [3.05, 3.63) is 69.8 Å². The zero-order valence-electron chi connectivity index (χ0n) is 20.7. The number of aromatic nitrogens is 5. The van der Waals surface area contributed by atoms with Crippen LogP contribution < -0.4 is 10.5 Å². The first-order chi connectivity index (χ1) is 17.7. The van der Waals surface area contributed by atoms with Gasteiger partial charge in [-0.15, -0.1) is 4.73 Å². The van der Waals surface area contributed by atoms with E-state index in [1.807, 2.05) is 10.9 Å². The summed E-state index contributed by atoms with van der Waals surface area (Å²) >= 11 is 0. The molecule has 1 fully saturated rings. The number of ether oxygens (including phenoxy) is 1. The molecule has 1 N–H and O–H groups in total. The van der Waals surface area contributed by atoms with Gasteiger partial charge in [-0.1, -0.05) is 0 Å². The Bertz CT molecular complexity index is 1560. The van der Waals surface area contributed by atoms with Crippen molar-refractivity contribution in [1.82, 2.24) is 24.5 Å². The number of nitrogens with zero attached hydrogens (tertiary/aromatic N) is 4. The molecule has 0 spiro atoms. The number of H-pyrrole nitrogens is 1. The van der Waals surface area contributed by atoms with Gasteiger partial charge in [-0.2, -0.15) is 5.10 Å². The monoisotopic (exact) mass is 507 g/mol. The van der Waals surface area contributed by atoms with Gasteiger partial charge in [0.2, 0.25) is 0 Å². The molecule has 1 saturated heterocycles. The number of imidazole rings is 1. The van der Waals surface area contributed by atoms with Crippen molar-refractivity contribution in [3.8, 4) is 11.1 Å². The molecule has 10 nitrogen and oxygen atoms in total. The van der Waals surface area contributed by atoms with Crippen LogP contribution in [0, 0.1) is 5.82 Å². The van der Waals surface area contributed by atoms with E-state index in [-0.39, 0.29) is 34.2 Å². The fourth-order valence-electron chi connectivity index (χ4n) is 4.76. The van der Waals surface area contributed by atoms with Crippen LogP contribution in [0.2, 0.25) is 0 Å². The van der Waals surface area contributed by atoms with Crippen molar-refractivity contribution in [2.75, 3.05) is 13.2 Å². The minimum Gasteiger partial charge on any atom is -0.401 e. The molecule has 5 rings (SSSR count). The van der Waals surface area contributed by atoms with Gasteiger partial charge in [0.05, 0.1) is 17.8 Å². The number of pyridine rings is 1. The van der Waals surface area contributed by atoms with Gasteiger partial charge in [0.25, 0.3) is 0 Å². The molecule has 0 aliphatic carbocycles. The molecular weight excluding hydrogens is 481 g/mol. The Kier molecular flexibility index (Phi) is 6.46. The third kappa shape index (κ3) is 4.57. The van der Waals surface area contributed by atoms with Crippen molar-refractivity contribution in [2.45, 2.75) is 45.8 Å². The highest BCUT2D eigenvalue weighted by molar-refractivity contribution is 6.02. The Labute approximate surface area is 211 Å². The quantitative estimate of drug-likeness (QED) is 0.379. The number of benzene rings is 1. The maximum Gasteiger partial charge on any atom is 0.360 e. The van der Waals surface area contributed by atoms with Gasteiger partial charge in [0.15, 0.2) is 17.2 Å². The SMILES string of the molecule is CC(=O)c1ccc(F)c(C(C)=O)c1C(C)On1c(=O)[nH]c2ncc(-c3cnn(C4CCOCC4)c3)cc21. The molecule has 37 heavy (non-hydrogen) atoms. The van der Waals surface area contributed by atoms with Gasteiger partial charge in [0.1, 0.15) is 17.4 Å². The minimum atomic E-state index is -1.01. The smallest absolute Gasteiger partial charge is 0.360 e. The second-order valence-electron chi connectivity index (χ2n) is 9.11. The molecule has 192 valence electrons. The number of halogens is 1. The van der Waals surface area contributed by atoms with Gasteiger partial charge in [0, 0.05) is 47.9 Å². The molecule has 1 aliphatic heterocycles. The van der Waals surface area contributed by atoms with Gasteiger partial charge in [-0.3, -0.25) is 19.3 Å². The number of fused-ring (bicyclic) bond motifs is 1. The summed E-state index contributed by atoms with van der Waals surface area (Å²) in [7, 11) is 0. The molecule has 1 aromatic carbocycles. The predicted octanol–water partition coefficient (Wildman–Crippen LogP) is 3.67. The fraction of sp³-hybridized carbons (Fsp3) is 0.346. The van der Waals surface area contributed by atoms with E-state index in [1.54, 1.807) is 25.4 Å². The lowest BCUT2D eigenvalue weighted by Gasteiger charge is -2.22. The van der Waals surface area contributed by atoms with Crippen LogP contribution in [0.3, 0.4) is 0 Å². The third-order valence-corrected chi connectivity index (χ3v) is 6.59. The highest BCUT2D eigenvalue weighted by Crippen LogP contribution is 2.29. The average Bonchev–Trinajstić information content (AvgIpc) is 3.48. The number of aromatic amines is 1. The van der Waals surface area contributed by atoms with Crippen molar-refractivity contribution >= 4 is 22.7 Å². The topological polar surface area (TPSA) is 121 Å². The largest absolute Gasteiger partial charge is 0.401 e. The molecule has 0 amide bonds. The van der Waals surface area contributed by atoms with Crippen LogP contribution in [0.25, 0.3) is 22.3 Å². The van der Waals surface area contributed by atoms with Gasteiger partial charge < -0.3 is 9.57 Å². The second kappa shape index (κ2) is 9.74. The van der Waals surface area contributed by atoms with Crippen LogP contribution in [0.5, 0.6) is 0 Å². The predicted molar refractivity (Wildman–Crippen MR) is 132 cm³/mol. The first kappa shape index (κ1) is 24.6. The van der Waals surface area contributed by atoms with E-state index in [0.29, 0.717) is 18.7 Å². The number of nitrogens with one attached hydrogen (secondary N) is 1. The number of carbonyl (C=O) groups is 2. The van der Waals surface area contributed by atoms with Crippen LogP contribution in [-0.2, 0) is 4.74 Å². The van der Waals surface area contributed by atoms with Crippen LogP contribution in [0.15, 0.2) is 41.6 Å². The van der Waals surface area contributed by atoms with E-state index in [4.69, 9.17) is 9.57 Å². The van der Waals surface area contributed by atoms with Gasteiger partial charge in [-0.05, 0) is 51.8 Å². The maximum absolute atomic E-state index is 14.6. The molecule has 0 radical (unpaired) electrons. The van der Waals surface area contributed by atoms with Crippen molar-refractivity contribution in [1.29, 1.82) is 0 Å². The fourth-order valence-corrected chi connectivity index (χ4v) is 4.76. The van der Waals surface area contributed by atoms with E-state index in [2.05, 4.69) is 15.1 Å². The van der Waals surface area contributed by atoms with E-state index in [0.717, 1.165) is 34.8 Å². The van der Waals surface area contributed by atoms with Crippen LogP contribution in [0.1, 0.15) is 72.0 Å². The van der Waals surface area contributed by atoms with Crippen LogP contribution in [-0.4, -0.2) is 49.3 Å². The molecule has 4 aromatic rings. The summed E-state index contributed by atoms with van der Waals surface area (Å²) < 4.78 is 23.0. The Morgan fingerprint density at radius 1 is 1.16 bits per heavy atom. The molecule has 0 bridgehead atoms. The first-order valence-electron chi connectivity index (χ1n) is 12.0. The maximum atomic E-state index is 14.6. The molecular formula is C26H26FN5O5. The molecule has 1 atom stereocenters. The van der Waals surface area contributed by atoms with Crippen molar-refractivity contribution in [3.63, 3.8) is 0 Å². The van der Waals surface area contributed by atoms with Gasteiger partial charge in [-0.25, -0.2) is 14.2 Å². The number of hydrogen-bond acceptors (Lipinski definition) is 7. The van der Waals surface area contributed by atoms with E-state index >= 15 is 0 Å². The summed E-state index contributed by atoms with van der Waals surface area (Å²) in [6.07, 6.45) is 6.05. The highest BCUT2D eigenvalue weighted by atomic mass is 19.1. The number of Topliss-reactive ketones (excluding diaryl/α,β-unsaturated/α-hetero) is 2. The highest BCUT2D eigenvalue weighted by Gasteiger charge is 2.26. The van der Waals surface area contributed by atoms with E-state index in [1.165, 1.54) is 19.9 Å². The average molecular weight is 508 g/mol. The molecule has 1 unspecified atom stereocenters. The first-order valence-corrected chi connectivity index (χ1v) is 12.0. The normalized spacial score (nSPS) is 15.1. The van der Waals surface area contributed by atoms with Gasteiger partial charge >= 0.3 is 5.69 Å². The van der Waals surface area contributed by atoms with Crippen LogP contribution >= 0.6 is 0 Å². The Morgan fingerprint density at radius 2 is 1.92 bits per heavy atom. The summed E-state index contributed by atoms with van der Waals surface area (Å²) in [5.41, 5.74) is 1.55. The van der Waals surface area contributed by atoms with Crippen molar-refractivity contribution in [2.24, 2.45) is 0 Å². The number of hydrogen-bond donors (Lipinski definition) is 1. The van der Waals surface area contributed by atoms with E-state index in [9.17, 15) is 18.8 Å². The second-order valence-corrected chi connectivity index (χ2v) is 9.11. The number of carbonyl (C=O) groups excluding carboxylic acids is 2. The molecule has 4 heterocycles. The zero-order valence-corrected chi connectivity index (χ0v) is 20.7. The molecule has 3 aromatic heterocycles. The third-order valence-electron chi connectivity index (χ3n) is 6.59. The summed E-state index contributed by atoms with van der Waals surface area (Å²) in [5, 5.41) is 4.50. The lowest BCUT2D eigenvalue weighted by Crippen LogP contribution is -2.28. The van der Waals surface area contributed by atoms with E-state index < -0.39 is 23.4 Å². The number of rotatable bonds is 7. The lowest BCUT2D eigenvalue weighted by atomic mass is 9.92. The molecule has 11 heteroatoms. The standard InChI is InChI=1S/C26H26FN5O5/c1-14(33)20-4-5-21(27)23(15(2)34)24(20)16(3)37-32-22-10-17(11-28-25(22)30-26(32)35)18-12-29-31(13-18)19-6-8-36-9-7-19/h4-5,10-13,16,19H,6-9H2,1-3H3,(H,28,30,35). The molecule has 0 saturated carbocycles. The lowest BCUT2D eigenvalue weighted by molar-refractivity contribution is 0.0475. The Hall–Kier alpha value is -4.12.